The van der Waals surface area contributed by atoms with Crippen molar-refractivity contribution in [3.8, 4) is 11.5 Å². The number of nitrogens with two attached hydrogens (primary N) is 1. The molecule has 1 heterocycles. The van der Waals surface area contributed by atoms with E-state index in [9.17, 15) is 19.7 Å². The van der Waals surface area contributed by atoms with Crippen LogP contribution < -0.4 is 20.7 Å². The third kappa shape index (κ3) is 4.41. The summed E-state index contributed by atoms with van der Waals surface area (Å²) in [6, 6.07) is 9.70. The number of carbonyl (C=O) groups is 2. The molecule has 166 valence electrons. The van der Waals surface area contributed by atoms with Crippen LogP contribution in [0.25, 0.3) is 0 Å². The van der Waals surface area contributed by atoms with Crippen molar-refractivity contribution in [3.63, 3.8) is 0 Å². The van der Waals surface area contributed by atoms with Crippen molar-refractivity contribution in [2.24, 2.45) is 22.0 Å². The minimum absolute atomic E-state index is 0.0589. The van der Waals surface area contributed by atoms with Gasteiger partial charge in [0.2, 0.25) is 11.7 Å². The van der Waals surface area contributed by atoms with Crippen LogP contribution in [0.3, 0.4) is 0 Å². The number of rotatable bonds is 6. The zero-order chi connectivity index (χ0) is 23.4. The Labute approximate surface area is 183 Å². The summed E-state index contributed by atoms with van der Waals surface area (Å²) in [4.78, 5) is 34.0. The van der Waals surface area contributed by atoms with E-state index in [2.05, 4.69) is 15.6 Å². The average Bonchev–Trinajstić information content (AvgIpc) is 2.75. The van der Waals surface area contributed by atoms with Gasteiger partial charge >= 0.3 is 11.7 Å². The Kier molecular flexibility index (Phi) is 6.47. The van der Waals surface area contributed by atoms with Crippen molar-refractivity contribution in [2.75, 3.05) is 7.11 Å². The smallest absolute Gasteiger partial charge is 0.324 e. The molecule has 2 aromatic rings. The van der Waals surface area contributed by atoms with Crippen LogP contribution in [-0.2, 0) is 9.59 Å². The fourth-order valence-corrected chi connectivity index (χ4v) is 3.46. The number of hydrogen-bond acceptors (Lipinski definition) is 9. The number of methoxy groups -OCH3 is 1. The van der Waals surface area contributed by atoms with Gasteiger partial charge in [-0.05, 0) is 17.7 Å². The van der Waals surface area contributed by atoms with Gasteiger partial charge in [-0.15, -0.1) is 0 Å². The molecule has 0 aromatic heterocycles. The van der Waals surface area contributed by atoms with Crippen LogP contribution in [0.1, 0.15) is 37.0 Å². The minimum Gasteiger partial charge on any atom is -0.488 e. The molecule has 1 atom stereocenters. The van der Waals surface area contributed by atoms with Crippen molar-refractivity contribution in [1.29, 1.82) is 0 Å². The monoisotopic (exact) mass is 439 g/mol. The molecule has 11 nitrogen and oxygen atoms in total. The summed E-state index contributed by atoms with van der Waals surface area (Å²) in [6.07, 6.45) is 0.330. The highest BCUT2D eigenvalue weighted by Crippen LogP contribution is 2.40. The Morgan fingerprint density at radius 1 is 1.28 bits per heavy atom. The predicted octanol–water partition coefficient (Wildman–Crippen LogP) is 2.10. The molecule has 32 heavy (non-hydrogen) atoms. The van der Waals surface area contributed by atoms with Crippen LogP contribution in [-0.4, -0.2) is 35.3 Å². The molecule has 1 aliphatic heterocycles. The van der Waals surface area contributed by atoms with E-state index in [-0.39, 0.29) is 34.6 Å². The summed E-state index contributed by atoms with van der Waals surface area (Å²) >= 11 is 0. The van der Waals surface area contributed by atoms with E-state index in [1.807, 2.05) is 6.92 Å². The summed E-state index contributed by atoms with van der Waals surface area (Å²) < 4.78 is 10.2. The Morgan fingerprint density at radius 3 is 2.50 bits per heavy atom. The van der Waals surface area contributed by atoms with E-state index in [1.54, 1.807) is 24.3 Å². The normalized spacial score (nSPS) is 16.1. The van der Waals surface area contributed by atoms with E-state index in [0.29, 0.717) is 12.0 Å². The lowest BCUT2D eigenvalue weighted by molar-refractivity contribution is -0.386. The highest BCUT2D eigenvalue weighted by Gasteiger charge is 2.29. The summed E-state index contributed by atoms with van der Waals surface area (Å²) in [5.74, 6) is 4.44. The van der Waals surface area contributed by atoms with Gasteiger partial charge < -0.3 is 15.3 Å². The molecule has 3 N–H and O–H groups in total. The lowest BCUT2D eigenvalue weighted by Crippen LogP contribution is -2.31. The van der Waals surface area contributed by atoms with E-state index in [0.717, 1.165) is 11.3 Å². The number of carbonyl (C=O) groups excluding carboxylic acids is 2. The Balaban J connectivity index is 2.04. The highest BCUT2D eigenvalue weighted by molar-refractivity contribution is 6.16. The lowest BCUT2D eigenvalue weighted by Gasteiger charge is -2.19. The largest absolute Gasteiger partial charge is 0.488 e. The number of hydrazone groups is 2. The number of nitro groups is 1. The Bertz CT molecular complexity index is 1140. The van der Waals surface area contributed by atoms with Gasteiger partial charge in [-0.2, -0.15) is 10.2 Å². The van der Waals surface area contributed by atoms with Gasteiger partial charge in [0.15, 0.2) is 5.75 Å². The van der Waals surface area contributed by atoms with Gasteiger partial charge in [0.1, 0.15) is 5.71 Å². The molecule has 0 saturated carbocycles. The second-order valence-corrected chi connectivity index (χ2v) is 7.04. The van der Waals surface area contributed by atoms with Crippen LogP contribution >= 0.6 is 0 Å². The molecule has 2 aromatic carbocycles. The van der Waals surface area contributed by atoms with Crippen molar-refractivity contribution in [2.45, 2.75) is 20.3 Å². The van der Waals surface area contributed by atoms with Crippen molar-refractivity contribution >= 4 is 29.0 Å². The fraction of sp³-hybridized carbons (Fsp3) is 0.238. The summed E-state index contributed by atoms with van der Waals surface area (Å²) in [7, 11) is 1.23. The molecular formula is C21H21N5O6. The van der Waals surface area contributed by atoms with Gasteiger partial charge in [-0.1, -0.05) is 31.2 Å². The van der Waals surface area contributed by atoms with Crippen molar-refractivity contribution < 1.29 is 24.0 Å². The number of nitrogens with one attached hydrogen (secondary N) is 1. The van der Waals surface area contributed by atoms with Gasteiger partial charge in [0.05, 0.1) is 23.3 Å². The first kappa shape index (κ1) is 22.4. The molecule has 0 aliphatic carbocycles. The van der Waals surface area contributed by atoms with E-state index >= 15 is 0 Å². The number of ether oxygens (including phenoxy) is 2. The van der Waals surface area contributed by atoms with Crippen LogP contribution in [0.5, 0.6) is 11.5 Å². The first-order valence-corrected chi connectivity index (χ1v) is 9.56. The molecule has 1 aliphatic rings. The maximum Gasteiger partial charge on any atom is 0.324 e. The molecule has 3 rings (SSSR count). The molecule has 0 fully saturated rings. The Hall–Kier alpha value is -4.28. The van der Waals surface area contributed by atoms with Crippen LogP contribution in [0.4, 0.5) is 5.69 Å². The number of amides is 1. The summed E-state index contributed by atoms with van der Waals surface area (Å²) in [5.41, 5.74) is 4.28. The fourth-order valence-electron chi connectivity index (χ4n) is 3.46. The molecule has 11 heteroatoms. The molecule has 0 bridgehead atoms. The van der Waals surface area contributed by atoms with Gasteiger partial charge in [-0.25, -0.2) is 5.43 Å². The van der Waals surface area contributed by atoms with E-state index in [1.165, 1.54) is 26.2 Å². The lowest BCUT2D eigenvalue weighted by atomic mass is 9.92. The molecule has 0 radical (unpaired) electrons. The number of nitro benzene ring substituents is 1. The van der Waals surface area contributed by atoms with E-state index < -0.39 is 16.6 Å². The standard InChI is InChI=1S/C21H21N5O6/c1-11-10-17(28)24-25-18(11)13-4-6-14(7-5-13)19(23-22)15-8-9-16(32-12(2)27)21(31-3)20(15)26(29)30/h4-9,11H,10,22H2,1-3H3,(H,24,28). The van der Waals surface area contributed by atoms with Crippen LogP contribution in [0, 0.1) is 16.0 Å². The second kappa shape index (κ2) is 9.25. The average molecular weight is 439 g/mol. The first-order chi connectivity index (χ1) is 15.3. The molecule has 0 saturated heterocycles. The van der Waals surface area contributed by atoms with Crippen molar-refractivity contribution in [3.05, 3.63) is 63.2 Å². The van der Waals surface area contributed by atoms with Crippen LogP contribution in [0.15, 0.2) is 46.6 Å². The third-order valence-electron chi connectivity index (χ3n) is 4.83. The minimum atomic E-state index is -0.651. The third-order valence-corrected chi connectivity index (χ3v) is 4.83. The van der Waals surface area contributed by atoms with Gasteiger partial charge in [0.25, 0.3) is 0 Å². The molecule has 1 amide bonds. The van der Waals surface area contributed by atoms with Gasteiger partial charge in [-0.3, -0.25) is 19.7 Å². The molecular weight excluding hydrogens is 418 g/mol. The van der Waals surface area contributed by atoms with E-state index in [4.69, 9.17) is 15.3 Å². The highest BCUT2D eigenvalue weighted by atomic mass is 16.6. The first-order valence-electron chi connectivity index (χ1n) is 9.56. The number of benzene rings is 2. The summed E-state index contributed by atoms with van der Waals surface area (Å²) in [5, 5.41) is 19.7. The number of esters is 1. The molecule has 1 unspecified atom stereocenters. The quantitative estimate of drug-likeness (QED) is 0.174. The topological polar surface area (TPSA) is 159 Å². The molecule has 0 spiro atoms. The van der Waals surface area contributed by atoms with Crippen molar-refractivity contribution in [1.82, 2.24) is 5.43 Å². The second-order valence-electron chi connectivity index (χ2n) is 7.04. The SMILES string of the molecule is COc1c(OC(C)=O)ccc(C(=NN)c2ccc(C3=NNC(=O)CC3C)cc2)c1[N+](=O)[O-]. The maximum absolute atomic E-state index is 11.9. The van der Waals surface area contributed by atoms with Gasteiger partial charge in [0, 0.05) is 24.8 Å². The zero-order valence-corrected chi connectivity index (χ0v) is 17.6. The number of hydrogen-bond donors (Lipinski definition) is 2. The predicted molar refractivity (Wildman–Crippen MR) is 116 cm³/mol. The zero-order valence-electron chi connectivity index (χ0n) is 17.6. The van der Waals surface area contributed by atoms with Crippen LogP contribution in [0.2, 0.25) is 0 Å². The Morgan fingerprint density at radius 2 is 1.97 bits per heavy atom. The maximum atomic E-state index is 11.9. The number of nitrogens with zero attached hydrogens (tertiary/aromatic N) is 3. The summed E-state index contributed by atoms with van der Waals surface area (Å²) in [6.45, 7) is 3.08.